The first-order valence-electron chi connectivity index (χ1n) is 7.18. The van der Waals surface area contributed by atoms with E-state index in [2.05, 4.69) is 0 Å². The summed E-state index contributed by atoms with van der Waals surface area (Å²) in [4.78, 5) is 12.7. The van der Waals surface area contributed by atoms with Crippen LogP contribution < -0.4 is 0 Å². The predicted octanol–water partition coefficient (Wildman–Crippen LogP) is 3.23. The Morgan fingerprint density at radius 3 is 2.77 bits per heavy atom. The Morgan fingerprint density at radius 1 is 1.36 bits per heavy atom. The van der Waals surface area contributed by atoms with Gasteiger partial charge in [-0.25, -0.2) is 4.79 Å². The summed E-state index contributed by atoms with van der Waals surface area (Å²) in [6, 6.07) is 5.31. The van der Waals surface area contributed by atoms with E-state index in [-0.39, 0.29) is 18.6 Å². The molecular weight excluding hydrogens is 329 g/mol. The van der Waals surface area contributed by atoms with Crippen molar-refractivity contribution < 1.29 is 19.7 Å². The lowest BCUT2D eigenvalue weighted by Gasteiger charge is -2.27. The fraction of sp³-hybridized carbons (Fsp3) is 0.533. The molecule has 2 N–H and O–H groups in total. The van der Waals surface area contributed by atoms with E-state index in [9.17, 15) is 9.90 Å². The molecule has 22 heavy (non-hydrogen) atoms. The van der Waals surface area contributed by atoms with E-state index in [1.54, 1.807) is 12.1 Å². The molecule has 1 fully saturated rings. The molecule has 0 spiro atoms. The minimum absolute atomic E-state index is 0.0800. The second-order valence-corrected chi connectivity index (χ2v) is 6.10. The standard InChI is InChI=1S/C15H19Cl2NO4/c16-12-4-3-10(8-13(12)17)11-9-18(15(20)21)5-7-22-14(11)2-1-6-19/h3-4,8,11,14,19H,1-2,5-7,9H2,(H,20,21)/t11-,14+/m1/s1. The van der Waals surface area contributed by atoms with E-state index in [0.717, 1.165) is 5.56 Å². The van der Waals surface area contributed by atoms with Gasteiger partial charge in [-0.3, -0.25) is 0 Å². The van der Waals surface area contributed by atoms with Crippen molar-refractivity contribution >= 4 is 29.3 Å². The molecule has 1 aromatic rings. The molecule has 1 saturated heterocycles. The normalized spacial score (nSPS) is 22.4. The average molecular weight is 348 g/mol. The topological polar surface area (TPSA) is 70.0 Å². The van der Waals surface area contributed by atoms with Gasteiger partial charge in [-0.2, -0.15) is 0 Å². The molecule has 0 aromatic heterocycles. The molecule has 7 heteroatoms. The zero-order chi connectivity index (χ0) is 16.1. The molecule has 1 aliphatic heterocycles. The summed E-state index contributed by atoms with van der Waals surface area (Å²) in [5.74, 6) is -0.139. The molecule has 0 unspecified atom stereocenters. The lowest BCUT2D eigenvalue weighted by atomic mass is 9.90. The van der Waals surface area contributed by atoms with Gasteiger partial charge in [0.2, 0.25) is 0 Å². The summed E-state index contributed by atoms with van der Waals surface area (Å²) in [6.07, 6.45) is 0.148. The van der Waals surface area contributed by atoms with Gasteiger partial charge in [0.25, 0.3) is 0 Å². The first kappa shape index (κ1) is 17.3. The van der Waals surface area contributed by atoms with Gasteiger partial charge >= 0.3 is 6.09 Å². The van der Waals surface area contributed by atoms with Crippen LogP contribution in [0.2, 0.25) is 10.0 Å². The van der Waals surface area contributed by atoms with Crippen LogP contribution in [-0.4, -0.2) is 53.6 Å². The monoisotopic (exact) mass is 347 g/mol. The van der Waals surface area contributed by atoms with Gasteiger partial charge in [-0.15, -0.1) is 0 Å². The van der Waals surface area contributed by atoms with Crippen LogP contribution >= 0.6 is 23.2 Å². The maximum absolute atomic E-state index is 11.3. The van der Waals surface area contributed by atoms with Crippen LogP contribution in [0.15, 0.2) is 18.2 Å². The number of carbonyl (C=O) groups is 1. The Bertz CT molecular complexity index is 526. The molecule has 122 valence electrons. The van der Waals surface area contributed by atoms with E-state index < -0.39 is 6.09 Å². The lowest BCUT2D eigenvalue weighted by molar-refractivity contribution is 0.0404. The van der Waals surface area contributed by atoms with E-state index in [4.69, 9.17) is 33.0 Å². The van der Waals surface area contributed by atoms with Gasteiger partial charge < -0.3 is 19.8 Å². The molecule has 1 aliphatic rings. The van der Waals surface area contributed by atoms with Crippen molar-refractivity contribution in [3.63, 3.8) is 0 Å². The van der Waals surface area contributed by atoms with Gasteiger partial charge in [0.15, 0.2) is 0 Å². The highest BCUT2D eigenvalue weighted by atomic mass is 35.5. The quantitative estimate of drug-likeness (QED) is 0.877. The minimum Gasteiger partial charge on any atom is -0.465 e. The summed E-state index contributed by atoms with van der Waals surface area (Å²) in [5, 5.41) is 19.2. The van der Waals surface area contributed by atoms with Gasteiger partial charge in [-0.1, -0.05) is 29.3 Å². The Kier molecular flexibility index (Phi) is 6.32. The van der Waals surface area contributed by atoms with Crippen LogP contribution in [0.1, 0.15) is 24.3 Å². The van der Waals surface area contributed by atoms with E-state index in [1.807, 2.05) is 6.07 Å². The van der Waals surface area contributed by atoms with Crippen molar-refractivity contribution in [3.8, 4) is 0 Å². The molecule has 0 radical (unpaired) electrons. The second kappa shape index (κ2) is 8.02. The number of halogens is 2. The Labute approximate surface area is 139 Å². The first-order valence-corrected chi connectivity index (χ1v) is 7.93. The molecule has 0 aliphatic carbocycles. The average Bonchev–Trinajstić information content (AvgIpc) is 2.70. The summed E-state index contributed by atoms with van der Waals surface area (Å²) in [7, 11) is 0. The SMILES string of the molecule is O=C(O)N1CCO[C@@H](CCCO)[C@@H](c2ccc(Cl)c(Cl)c2)C1. The van der Waals surface area contributed by atoms with Gasteiger partial charge in [-0.05, 0) is 30.5 Å². The number of aliphatic hydroxyl groups excluding tert-OH is 1. The third kappa shape index (κ3) is 4.26. The molecule has 1 aromatic carbocycles. The van der Waals surface area contributed by atoms with Crippen molar-refractivity contribution in [2.24, 2.45) is 0 Å². The highest BCUT2D eigenvalue weighted by Crippen LogP contribution is 2.32. The van der Waals surface area contributed by atoms with E-state index in [0.29, 0.717) is 42.6 Å². The van der Waals surface area contributed by atoms with Crippen LogP contribution in [0.3, 0.4) is 0 Å². The molecule has 1 heterocycles. The first-order chi connectivity index (χ1) is 10.5. The fourth-order valence-electron chi connectivity index (χ4n) is 2.69. The second-order valence-electron chi connectivity index (χ2n) is 5.28. The van der Waals surface area contributed by atoms with Crippen molar-refractivity contribution in [1.29, 1.82) is 0 Å². The molecule has 5 nitrogen and oxygen atoms in total. The van der Waals surface area contributed by atoms with Crippen molar-refractivity contribution in [3.05, 3.63) is 33.8 Å². The molecular formula is C15H19Cl2NO4. The number of hydrogen-bond donors (Lipinski definition) is 2. The number of carboxylic acid groups (broad SMARTS) is 1. The number of aliphatic hydroxyl groups is 1. The lowest BCUT2D eigenvalue weighted by Crippen LogP contribution is -2.35. The number of ether oxygens (including phenoxy) is 1. The van der Waals surface area contributed by atoms with Crippen LogP contribution in [0.4, 0.5) is 4.79 Å². The highest BCUT2D eigenvalue weighted by molar-refractivity contribution is 6.42. The zero-order valence-corrected chi connectivity index (χ0v) is 13.6. The smallest absolute Gasteiger partial charge is 0.407 e. The maximum atomic E-state index is 11.3. The van der Waals surface area contributed by atoms with Gasteiger partial charge in [0.1, 0.15) is 0 Å². The zero-order valence-electron chi connectivity index (χ0n) is 12.0. The fourth-order valence-corrected chi connectivity index (χ4v) is 3.00. The Morgan fingerprint density at radius 2 is 2.14 bits per heavy atom. The number of hydrogen-bond acceptors (Lipinski definition) is 3. The molecule has 0 saturated carbocycles. The summed E-state index contributed by atoms with van der Waals surface area (Å²) in [5.41, 5.74) is 0.894. The van der Waals surface area contributed by atoms with E-state index >= 15 is 0 Å². The Balaban J connectivity index is 2.28. The molecule has 2 atom stereocenters. The van der Waals surface area contributed by atoms with Crippen LogP contribution in [0.5, 0.6) is 0 Å². The van der Waals surface area contributed by atoms with Crippen molar-refractivity contribution in [1.82, 2.24) is 4.90 Å². The molecule has 1 amide bonds. The van der Waals surface area contributed by atoms with Gasteiger partial charge in [0, 0.05) is 25.6 Å². The van der Waals surface area contributed by atoms with Crippen molar-refractivity contribution in [2.45, 2.75) is 24.9 Å². The largest absolute Gasteiger partial charge is 0.465 e. The van der Waals surface area contributed by atoms with Crippen LogP contribution in [0, 0.1) is 0 Å². The maximum Gasteiger partial charge on any atom is 0.407 e. The third-order valence-corrected chi connectivity index (χ3v) is 4.59. The minimum atomic E-state index is -0.962. The Hall–Kier alpha value is -1.01. The highest BCUT2D eigenvalue weighted by Gasteiger charge is 2.31. The van der Waals surface area contributed by atoms with Gasteiger partial charge in [0.05, 0.1) is 22.8 Å². The molecule has 2 rings (SSSR count). The third-order valence-electron chi connectivity index (χ3n) is 3.85. The number of rotatable bonds is 4. The number of benzene rings is 1. The summed E-state index contributed by atoms with van der Waals surface area (Å²) >= 11 is 12.0. The molecule has 0 bridgehead atoms. The predicted molar refractivity (Wildman–Crippen MR) is 84.9 cm³/mol. The van der Waals surface area contributed by atoms with E-state index in [1.165, 1.54) is 4.90 Å². The summed E-state index contributed by atoms with van der Waals surface area (Å²) in [6.45, 7) is 1.10. The number of nitrogens with zero attached hydrogens (tertiary/aromatic N) is 1. The van der Waals surface area contributed by atoms with Crippen LogP contribution in [0.25, 0.3) is 0 Å². The van der Waals surface area contributed by atoms with Crippen molar-refractivity contribution in [2.75, 3.05) is 26.3 Å². The van der Waals surface area contributed by atoms with Crippen LogP contribution in [-0.2, 0) is 4.74 Å². The number of amides is 1. The summed E-state index contributed by atoms with van der Waals surface area (Å²) < 4.78 is 5.83.